The molecule has 1 aromatic rings. The lowest BCUT2D eigenvalue weighted by Crippen LogP contribution is -2.38. The number of hydrogen-bond donors (Lipinski definition) is 0. The monoisotopic (exact) mass is 356 g/mol. The van der Waals surface area contributed by atoms with Gasteiger partial charge in [0.1, 0.15) is 0 Å². The van der Waals surface area contributed by atoms with Crippen molar-refractivity contribution in [1.82, 2.24) is 0 Å². The van der Waals surface area contributed by atoms with Gasteiger partial charge in [-0.3, -0.25) is 9.59 Å². The summed E-state index contributed by atoms with van der Waals surface area (Å²) in [4.78, 5) is 28.5. The summed E-state index contributed by atoms with van der Waals surface area (Å²) < 4.78 is 0. The van der Waals surface area contributed by atoms with Crippen LogP contribution >= 0.6 is 0 Å². The molecule has 4 heteroatoms. The maximum Gasteiger partial charge on any atom is 0.250 e. The summed E-state index contributed by atoms with van der Waals surface area (Å²) in [5.74, 6) is -0.0586. The zero-order chi connectivity index (χ0) is 19.7. The fourth-order valence-corrected chi connectivity index (χ4v) is 2.78. The highest BCUT2D eigenvalue weighted by atomic mass is 16.2. The first-order valence-corrected chi connectivity index (χ1v) is 9.42. The third-order valence-corrected chi connectivity index (χ3v) is 4.56. The van der Waals surface area contributed by atoms with Crippen LogP contribution in [0.25, 0.3) is 0 Å². The summed E-state index contributed by atoms with van der Waals surface area (Å²) in [6, 6.07) is 7.87. The second kappa shape index (κ2) is 10.6. The van der Waals surface area contributed by atoms with Crippen molar-refractivity contribution < 1.29 is 9.59 Å². The number of amides is 2. The molecule has 142 valence electrons. The molecule has 0 spiro atoms. The Bertz CT molecular complexity index is 590. The van der Waals surface area contributed by atoms with Gasteiger partial charge in [-0.15, -0.1) is 0 Å². The van der Waals surface area contributed by atoms with Crippen LogP contribution in [-0.2, 0) is 9.59 Å². The number of hydrogen-bond acceptors (Lipinski definition) is 2. The maximum absolute atomic E-state index is 12.5. The van der Waals surface area contributed by atoms with Crippen molar-refractivity contribution in [2.24, 2.45) is 0 Å². The van der Waals surface area contributed by atoms with E-state index in [0.717, 1.165) is 24.2 Å². The molecule has 0 aliphatic carbocycles. The number of nitrogens with zero attached hydrogens (tertiary/aromatic N) is 2. The standard InChI is InChI=1S/C22H32N2O2/c1-7-11-21(25)23(17(5)9-3)19-13-15-20(16-14-19)24(18(6)10-4)22(26)12-8-2/h7-8,11-18H,9-10H2,1-6H3/b11-7-,12-8-/t17-,18+. The predicted molar refractivity (Wildman–Crippen MR) is 111 cm³/mol. The molecular formula is C22H32N2O2. The van der Waals surface area contributed by atoms with E-state index in [0.29, 0.717) is 0 Å². The van der Waals surface area contributed by atoms with E-state index in [2.05, 4.69) is 13.8 Å². The summed E-state index contributed by atoms with van der Waals surface area (Å²) in [6.07, 6.45) is 8.41. The Balaban J connectivity index is 3.24. The molecule has 0 saturated heterocycles. The third-order valence-electron chi connectivity index (χ3n) is 4.56. The van der Waals surface area contributed by atoms with E-state index in [1.165, 1.54) is 0 Å². The average molecular weight is 357 g/mol. The molecule has 0 aromatic heterocycles. The minimum Gasteiger partial charge on any atom is -0.306 e. The van der Waals surface area contributed by atoms with Gasteiger partial charge in [0.15, 0.2) is 0 Å². The first kappa shape index (κ1) is 21.7. The van der Waals surface area contributed by atoms with Gasteiger partial charge >= 0.3 is 0 Å². The Morgan fingerprint density at radius 2 is 1.12 bits per heavy atom. The van der Waals surface area contributed by atoms with E-state index >= 15 is 0 Å². The molecule has 0 radical (unpaired) electrons. The van der Waals surface area contributed by atoms with Crippen LogP contribution < -0.4 is 9.80 Å². The number of rotatable bonds is 8. The predicted octanol–water partition coefficient (Wildman–Crippen LogP) is 5.10. The number of benzene rings is 1. The lowest BCUT2D eigenvalue weighted by atomic mass is 10.1. The van der Waals surface area contributed by atoms with Gasteiger partial charge in [-0.05, 0) is 77.0 Å². The second-order valence-electron chi connectivity index (χ2n) is 6.45. The van der Waals surface area contributed by atoms with E-state index in [9.17, 15) is 9.59 Å². The summed E-state index contributed by atoms with van der Waals surface area (Å²) >= 11 is 0. The highest BCUT2D eigenvalue weighted by Crippen LogP contribution is 2.26. The Morgan fingerprint density at radius 3 is 1.35 bits per heavy atom. The van der Waals surface area contributed by atoms with Gasteiger partial charge in [0.2, 0.25) is 0 Å². The number of anilines is 2. The minimum absolute atomic E-state index is 0.0293. The van der Waals surface area contributed by atoms with Gasteiger partial charge in [-0.25, -0.2) is 0 Å². The maximum atomic E-state index is 12.5. The smallest absolute Gasteiger partial charge is 0.250 e. The lowest BCUT2D eigenvalue weighted by Gasteiger charge is -2.30. The third kappa shape index (κ3) is 5.32. The molecule has 0 aliphatic heterocycles. The van der Waals surface area contributed by atoms with Gasteiger partial charge in [0.25, 0.3) is 11.8 Å². The van der Waals surface area contributed by atoms with Crippen molar-refractivity contribution in [1.29, 1.82) is 0 Å². The van der Waals surface area contributed by atoms with Crippen molar-refractivity contribution >= 4 is 23.2 Å². The summed E-state index contributed by atoms with van der Waals surface area (Å²) in [6.45, 7) is 11.9. The molecule has 0 saturated carbocycles. The molecule has 4 nitrogen and oxygen atoms in total. The van der Waals surface area contributed by atoms with Gasteiger partial charge in [-0.1, -0.05) is 26.0 Å². The molecule has 26 heavy (non-hydrogen) atoms. The molecule has 0 unspecified atom stereocenters. The molecule has 1 aromatic carbocycles. The quantitative estimate of drug-likeness (QED) is 0.608. The topological polar surface area (TPSA) is 40.6 Å². The van der Waals surface area contributed by atoms with E-state index in [-0.39, 0.29) is 23.9 Å². The van der Waals surface area contributed by atoms with Crippen LogP contribution in [0.2, 0.25) is 0 Å². The second-order valence-corrected chi connectivity index (χ2v) is 6.45. The minimum atomic E-state index is -0.0293. The van der Waals surface area contributed by atoms with Crippen LogP contribution in [-0.4, -0.2) is 23.9 Å². The Morgan fingerprint density at radius 1 is 0.808 bits per heavy atom. The van der Waals surface area contributed by atoms with Crippen LogP contribution in [0.4, 0.5) is 11.4 Å². The molecule has 1 rings (SSSR count). The SMILES string of the molecule is C/C=C\C(=O)N(c1ccc(N(C(=O)/C=C\C)[C@@H](C)CC)cc1)[C@H](C)CC. The van der Waals surface area contributed by atoms with E-state index < -0.39 is 0 Å². The number of allylic oxidation sites excluding steroid dienone is 2. The van der Waals surface area contributed by atoms with Crippen molar-refractivity contribution in [3.05, 3.63) is 48.6 Å². The highest BCUT2D eigenvalue weighted by molar-refractivity contribution is 6.03. The van der Waals surface area contributed by atoms with E-state index in [1.54, 1.807) is 34.1 Å². The van der Waals surface area contributed by atoms with Crippen molar-refractivity contribution in [3.8, 4) is 0 Å². The molecule has 0 fully saturated rings. The summed E-state index contributed by atoms with van der Waals surface area (Å²) in [5.41, 5.74) is 1.68. The van der Waals surface area contributed by atoms with Crippen LogP contribution in [0.1, 0.15) is 54.4 Å². The average Bonchev–Trinajstić information content (AvgIpc) is 2.63. The van der Waals surface area contributed by atoms with Gasteiger partial charge < -0.3 is 9.80 Å². The molecule has 0 aliphatic rings. The van der Waals surface area contributed by atoms with Gasteiger partial charge in [-0.2, -0.15) is 0 Å². The van der Waals surface area contributed by atoms with E-state index in [1.807, 2.05) is 52.0 Å². The van der Waals surface area contributed by atoms with E-state index in [4.69, 9.17) is 0 Å². The first-order valence-electron chi connectivity index (χ1n) is 9.42. The molecule has 0 bridgehead atoms. The normalized spacial score (nSPS) is 13.8. The first-order chi connectivity index (χ1) is 12.4. The summed E-state index contributed by atoms with van der Waals surface area (Å²) in [5, 5.41) is 0. The zero-order valence-electron chi connectivity index (χ0n) is 16.9. The van der Waals surface area contributed by atoms with Gasteiger partial charge in [0, 0.05) is 23.5 Å². The Labute approximate surface area is 158 Å². The fraction of sp³-hybridized carbons (Fsp3) is 0.455. The van der Waals surface area contributed by atoms with Crippen molar-refractivity contribution in [3.63, 3.8) is 0 Å². The van der Waals surface area contributed by atoms with Crippen LogP contribution in [0.3, 0.4) is 0 Å². The largest absolute Gasteiger partial charge is 0.306 e. The molecule has 2 amide bonds. The highest BCUT2D eigenvalue weighted by Gasteiger charge is 2.21. The van der Waals surface area contributed by atoms with Gasteiger partial charge in [0.05, 0.1) is 0 Å². The number of carbonyl (C=O) groups is 2. The fourth-order valence-electron chi connectivity index (χ4n) is 2.78. The molecule has 0 N–H and O–H groups in total. The van der Waals surface area contributed by atoms with Crippen LogP contribution in [0, 0.1) is 0 Å². The molecule has 0 heterocycles. The molecular weight excluding hydrogens is 324 g/mol. The Kier molecular flexibility index (Phi) is 8.83. The van der Waals surface area contributed by atoms with Crippen molar-refractivity contribution in [2.75, 3.05) is 9.80 Å². The van der Waals surface area contributed by atoms with Crippen LogP contribution in [0.5, 0.6) is 0 Å². The lowest BCUT2D eigenvalue weighted by molar-refractivity contribution is -0.115. The zero-order valence-corrected chi connectivity index (χ0v) is 16.9. The number of carbonyl (C=O) groups excluding carboxylic acids is 2. The molecule has 2 atom stereocenters. The van der Waals surface area contributed by atoms with Crippen LogP contribution in [0.15, 0.2) is 48.6 Å². The Hall–Kier alpha value is -2.36. The summed E-state index contributed by atoms with van der Waals surface area (Å²) in [7, 11) is 0. The van der Waals surface area contributed by atoms with Crippen molar-refractivity contribution in [2.45, 2.75) is 66.5 Å².